The number of nitrogens with two attached hydrogens (primary N) is 1. The lowest BCUT2D eigenvalue weighted by atomic mass is 9.96. The Morgan fingerprint density at radius 2 is 2.04 bits per heavy atom. The minimum Gasteiger partial charge on any atom is -0.383 e. The van der Waals surface area contributed by atoms with E-state index in [0.717, 1.165) is 30.5 Å². The Hall–Kier alpha value is -1.61. The van der Waals surface area contributed by atoms with Gasteiger partial charge in [-0.15, -0.1) is 11.3 Å². The maximum Gasteiger partial charge on any atom is 0.352 e. The first-order chi connectivity index (χ1) is 12.6. The van der Waals surface area contributed by atoms with Crippen molar-refractivity contribution < 1.29 is 9.90 Å². The number of nitrogens with one attached hydrogen (secondary N) is 1. The van der Waals surface area contributed by atoms with E-state index in [2.05, 4.69) is 40.6 Å². The number of aromatic nitrogens is 1. The highest BCUT2D eigenvalue weighted by Gasteiger charge is 2.21. The molecular formula is C19H26N4O2S2. The lowest BCUT2D eigenvalue weighted by Crippen LogP contribution is -2.14. The molecule has 8 heteroatoms. The van der Waals surface area contributed by atoms with Crippen molar-refractivity contribution in [1.82, 2.24) is 4.98 Å². The summed E-state index contributed by atoms with van der Waals surface area (Å²) in [5.74, 6) is 0.304. The molecule has 1 aliphatic carbocycles. The molecule has 3 rings (SSSR count). The smallest absolute Gasteiger partial charge is 0.352 e. The number of amides is 2. The molecule has 1 heterocycles. The maximum absolute atomic E-state index is 12.5. The van der Waals surface area contributed by atoms with Gasteiger partial charge >= 0.3 is 6.03 Å². The van der Waals surface area contributed by atoms with E-state index in [1.165, 1.54) is 22.5 Å². The number of urea groups is 1. The van der Waals surface area contributed by atoms with E-state index in [-0.39, 0.29) is 0 Å². The molecule has 0 aliphatic heterocycles. The summed E-state index contributed by atoms with van der Waals surface area (Å²) in [6, 6.07) is 3.83. The Morgan fingerprint density at radius 1 is 1.37 bits per heavy atom. The molecule has 1 atom stereocenters. The van der Waals surface area contributed by atoms with E-state index in [4.69, 9.17) is 5.14 Å². The number of benzene rings is 1. The van der Waals surface area contributed by atoms with Crippen LogP contribution >= 0.6 is 11.3 Å². The molecule has 1 aromatic carbocycles. The summed E-state index contributed by atoms with van der Waals surface area (Å²) in [6.45, 7) is 7.56. The summed E-state index contributed by atoms with van der Waals surface area (Å²) in [5.41, 5.74) is 3.59. The van der Waals surface area contributed by atoms with Crippen LogP contribution in [0, 0.1) is 0 Å². The van der Waals surface area contributed by atoms with Crippen LogP contribution in [0.2, 0.25) is 0 Å². The van der Waals surface area contributed by atoms with Crippen molar-refractivity contribution in [2.45, 2.75) is 62.7 Å². The predicted molar refractivity (Wildman–Crippen MR) is 111 cm³/mol. The Morgan fingerprint density at radius 3 is 2.63 bits per heavy atom. The van der Waals surface area contributed by atoms with Gasteiger partial charge in [-0.3, -0.25) is 5.14 Å². The SMILES string of the molecule is CC(C)c1cc2c(cc1NC(=O)/N=S(/N)c1cnc(C(C)(C)O)s1)CCC2. The van der Waals surface area contributed by atoms with E-state index in [0.29, 0.717) is 15.1 Å². The monoisotopic (exact) mass is 406 g/mol. The van der Waals surface area contributed by atoms with E-state index in [9.17, 15) is 9.90 Å². The normalized spacial score (nSPS) is 15.2. The van der Waals surface area contributed by atoms with Crippen LogP contribution in [-0.4, -0.2) is 16.1 Å². The minimum atomic E-state index is -1.11. The molecule has 1 aliphatic rings. The van der Waals surface area contributed by atoms with E-state index < -0.39 is 22.5 Å². The number of aryl methyl sites for hydroxylation is 2. The second-order valence-electron chi connectivity index (χ2n) is 7.60. The van der Waals surface area contributed by atoms with Crippen molar-refractivity contribution >= 4 is 33.9 Å². The number of aliphatic hydroxyl groups is 1. The first-order valence-electron chi connectivity index (χ1n) is 9.01. The molecule has 1 unspecified atom stereocenters. The van der Waals surface area contributed by atoms with Gasteiger partial charge in [0.05, 0.1) is 6.20 Å². The average molecular weight is 407 g/mol. The summed E-state index contributed by atoms with van der Waals surface area (Å²) >= 11 is 1.27. The molecule has 2 amide bonds. The van der Waals surface area contributed by atoms with Crippen LogP contribution in [0.3, 0.4) is 0 Å². The van der Waals surface area contributed by atoms with Crippen LogP contribution in [-0.2, 0) is 29.3 Å². The molecule has 0 saturated heterocycles. The second-order valence-corrected chi connectivity index (χ2v) is 10.1. The van der Waals surface area contributed by atoms with Gasteiger partial charge in [0.1, 0.15) is 14.8 Å². The van der Waals surface area contributed by atoms with Gasteiger partial charge in [-0.1, -0.05) is 19.9 Å². The molecule has 1 aromatic heterocycles. The highest BCUT2D eigenvalue weighted by molar-refractivity contribution is 7.87. The van der Waals surface area contributed by atoms with Gasteiger partial charge in [-0.2, -0.15) is 4.36 Å². The molecule has 4 N–H and O–H groups in total. The van der Waals surface area contributed by atoms with Crippen LogP contribution < -0.4 is 10.5 Å². The summed E-state index contributed by atoms with van der Waals surface area (Å²) in [5, 5.41) is 19.6. The molecular weight excluding hydrogens is 380 g/mol. The Kier molecular flexibility index (Phi) is 5.81. The van der Waals surface area contributed by atoms with Gasteiger partial charge in [-0.25, -0.2) is 9.78 Å². The summed E-state index contributed by atoms with van der Waals surface area (Å²) in [4.78, 5) is 16.6. The molecule has 0 fully saturated rings. The molecule has 0 spiro atoms. The second kappa shape index (κ2) is 7.79. The first kappa shape index (κ1) is 20.1. The van der Waals surface area contributed by atoms with Gasteiger partial charge in [0, 0.05) is 16.6 Å². The molecule has 0 radical (unpaired) electrons. The minimum absolute atomic E-state index is 0.304. The number of carbonyl (C=O) groups excluding carboxylic acids is 1. The first-order valence-corrected chi connectivity index (χ1v) is 11.1. The van der Waals surface area contributed by atoms with Crippen molar-refractivity contribution in [2.75, 3.05) is 5.32 Å². The van der Waals surface area contributed by atoms with Crippen LogP contribution in [0.15, 0.2) is 26.9 Å². The van der Waals surface area contributed by atoms with Crippen molar-refractivity contribution in [3.05, 3.63) is 40.0 Å². The fraction of sp³-hybridized carbons (Fsp3) is 0.474. The zero-order chi connectivity index (χ0) is 19.8. The molecule has 6 nitrogen and oxygen atoms in total. The number of nitrogens with zero attached hydrogens (tertiary/aromatic N) is 2. The van der Waals surface area contributed by atoms with Crippen LogP contribution in [0.1, 0.15) is 61.7 Å². The van der Waals surface area contributed by atoms with Gasteiger partial charge in [0.15, 0.2) is 0 Å². The lowest BCUT2D eigenvalue weighted by Gasteiger charge is -2.15. The average Bonchev–Trinajstić information content (AvgIpc) is 3.22. The summed E-state index contributed by atoms with van der Waals surface area (Å²) in [7, 11) is -1.11. The van der Waals surface area contributed by atoms with E-state index in [1.807, 2.05) is 0 Å². The van der Waals surface area contributed by atoms with Gasteiger partial charge < -0.3 is 10.4 Å². The zero-order valence-electron chi connectivity index (χ0n) is 16.1. The predicted octanol–water partition coefficient (Wildman–Crippen LogP) is 4.25. The van der Waals surface area contributed by atoms with Gasteiger partial charge in [0.2, 0.25) is 0 Å². The fourth-order valence-electron chi connectivity index (χ4n) is 3.14. The molecule has 0 bridgehead atoms. The standard InChI is InChI=1S/C19H26N4O2S2/c1-11(2)14-8-12-6-5-7-13(12)9-15(14)22-18(24)23-27(20)16-10-21-17(26-16)19(3,4)25/h8-11,25H,5-7H2,1-4H3,(H3,20,22,23,24). The Bertz CT molecular complexity index is 898. The summed E-state index contributed by atoms with van der Waals surface area (Å²) < 4.78 is 4.74. The third kappa shape index (κ3) is 4.63. The molecule has 146 valence electrons. The number of anilines is 1. The van der Waals surface area contributed by atoms with Crippen molar-refractivity contribution in [1.29, 1.82) is 0 Å². The highest BCUT2D eigenvalue weighted by atomic mass is 32.2. The maximum atomic E-state index is 12.5. The topological polar surface area (TPSA) is 101 Å². The third-order valence-electron chi connectivity index (χ3n) is 4.52. The number of hydrogen-bond donors (Lipinski definition) is 3. The summed E-state index contributed by atoms with van der Waals surface area (Å²) in [6.07, 6.45) is 4.90. The van der Waals surface area contributed by atoms with Crippen LogP contribution in [0.25, 0.3) is 0 Å². The molecule has 0 saturated carbocycles. The molecule has 27 heavy (non-hydrogen) atoms. The zero-order valence-corrected chi connectivity index (χ0v) is 17.7. The Balaban J connectivity index is 1.81. The fourth-order valence-corrected chi connectivity index (χ4v) is 4.96. The quantitative estimate of drug-likeness (QED) is 0.706. The number of hydrogen-bond acceptors (Lipinski definition) is 4. The molecule has 2 aromatic rings. The number of rotatable bonds is 4. The van der Waals surface area contributed by atoms with Gasteiger partial charge in [0.25, 0.3) is 0 Å². The third-order valence-corrected chi connectivity index (χ3v) is 7.27. The van der Waals surface area contributed by atoms with Crippen molar-refractivity contribution in [3.8, 4) is 0 Å². The highest BCUT2D eigenvalue weighted by Crippen LogP contribution is 2.33. The number of thiazole rings is 1. The van der Waals surface area contributed by atoms with Crippen LogP contribution in [0.4, 0.5) is 10.5 Å². The van der Waals surface area contributed by atoms with Gasteiger partial charge in [-0.05, 0) is 61.8 Å². The number of fused-ring (bicyclic) bond motifs is 1. The van der Waals surface area contributed by atoms with E-state index >= 15 is 0 Å². The van der Waals surface area contributed by atoms with E-state index in [1.54, 1.807) is 20.0 Å². The lowest BCUT2D eigenvalue weighted by molar-refractivity contribution is 0.0783. The van der Waals surface area contributed by atoms with Crippen molar-refractivity contribution in [3.63, 3.8) is 0 Å². The largest absolute Gasteiger partial charge is 0.383 e. The van der Waals surface area contributed by atoms with Crippen LogP contribution in [0.5, 0.6) is 0 Å². The Labute approximate surface area is 166 Å². The number of carbonyl (C=O) groups is 1. The van der Waals surface area contributed by atoms with Crippen molar-refractivity contribution in [2.24, 2.45) is 9.50 Å².